The highest BCUT2D eigenvalue weighted by molar-refractivity contribution is 6.01. The third-order valence-electron chi connectivity index (χ3n) is 16.5. The molecule has 5 saturated heterocycles. The smallest absolute Gasteiger partial charge is 0.333 e. The highest BCUT2D eigenvalue weighted by Gasteiger charge is 2.48. The molecule has 0 saturated carbocycles. The van der Waals surface area contributed by atoms with Gasteiger partial charge in [0, 0.05) is 64.8 Å². The van der Waals surface area contributed by atoms with E-state index in [2.05, 4.69) is 37.2 Å². The molecule has 5 rings (SSSR count). The summed E-state index contributed by atoms with van der Waals surface area (Å²) in [5, 5.41) is 178. The van der Waals surface area contributed by atoms with Gasteiger partial charge in [-0.3, -0.25) is 48.1 Å². The number of hydrogen-bond acceptors (Lipinski definition) is 36. The number of nitrogens with one attached hydrogen (secondary N) is 7. The van der Waals surface area contributed by atoms with Crippen LogP contribution in [0, 0.1) is 0 Å². The summed E-state index contributed by atoms with van der Waals surface area (Å²) in [5.74, 6) is -8.66. The van der Waals surface area contributed by atoms with E-state index in [0.717, 1.165) is 4.90 Å². The number of carbonyl (C=O) groups is 10. The maximum atomic E-state index is 14.2. The van der Waals surface area contributed by atoms with Gasteiger partial charge in [0.1, 0.15) is 110 Å². The minimum absolute atomic E-state index is 0.0578. The average Bonchev–Trinajstić information content (AvgIpc) is 1.03. The van der Waals surface area contributed by atoms with Gasteiger partial charge in [-0.25, -0.2) is 4.79 Å². The van der Waals surface area contributed by atoms with E-state index >= 15 is 0 Å². The predicted molar refractivity (Wildman–Crippen MR) is 328 cm³/mol. The summed E-state index contributed by atoms with van der Waals surface area (Å²) >= 11 is 0. The fraction of sp³-hybridized carbons (Fsp3) is 0.828. The van der Waals surface area contributed by atoms with E-state index in [1.165, 1.54) is 0 Å². The molecule has 0 radical (unpaired) electrons. The Bertz CT molecular complexity index is 2520. The third-order valence-corrected chi connectivity index (χ3v) is 16.5. The van der Waals surface area contributed by atoms with Crippen LogP contribution >= 0.6 is 0 Å². The Kier molecular flexibility index (Phi) is 37.3. The minimum atomic E-state index is -1.82. The summed E-state index contributed by atoms with van der Waals surface area (Å²) in [7, 11) is 0. The molecule has 9 amide bonds. The van der Waals surface area contributed by atoms with Gasteiger partial charge in [-0.05, 0) is 25.7 Å². The highest BCUT2D eigenvalue weighted by atomic mass is 16.7. The quantitative estimate of drug-likeness (QED) is 0.0199. The first kappa shape index (κ1) is 86.5. The molecular formula is C58H97N9O35. The monoisotopic (exact) mass is 1480 g/mol. The lowest BCUT2D eigenvalue weighted by atomic mass is 9.99. The van der Waals surface area contributed by atoms with Crippen molar-refractivity contribution in [2.45, 2.75) is 199 Å². The number of imide groups is 1. The number of nitrogens with zero attached hydrogens (tertiary/aromatic N) is 2. The first-order valence-electron chi connectivity index (χ1n) is 33.0. The van der Waals surface area contributed by atoms with E-state index < -0.39 is 292 Å². The summed E-state index contributed by atoms with van der Waals surface area (Å²) in [5.41, 5.74) is 0. The van der Waals surface area contributed by atoms with Crippen molar-refractivity contribution in [1.82, 2.24) is 47.2 Å². The van der Waals surface area contributed by atoms with Gasteiger partial charge < -0.3 is 162 Å². The molecule has 5 aliphatic heterocycles. The normalized spacial score (nSPS) is 31.0. The molecule has 5 fully saturated rings. The number of hydroxylamine groups is 2. The van der Waals surface area contributed by atoms with Crippen LogP contribution in [0.15, 0.2) is 0 Å². The Balaban J connectivity index is 1.29. The van der Waals surface area contributed by atoms with Crippen LogP contribution in [0.25, 0.3) is 0 Å². The minimum Gasteiger partial charge on any atom is -0.394 e. The summed E-state index contributed by atoms with van der Waals surface area (Å²) < 4.78 is 42.9. The second-order valence-corrected chi connectivity index (χ2v) is 24.2. The summed E-state index contributed by atoms with van der Waals surface area (Å²) in [6, 6.07) is -3.27. The van der Waals surface area contributed by atoms with Crippen LogP contribution in [0.4, 0.5) is 0 Å². The summed E-state index contributed by atoms with van der Waals surface area (Å²) in [6.07, 6.45) is -34.6. The molecule has 0 unspecified atom stereocenters. The lowest BCUT2D eigenvalue weighted by Gasteiger charge is -2.39. The maximum Gasteiger partial charge on any atom is 0.333 e. The van der Waals surface area contributed by atoms with Gasteiger partial charge >= 0.3 is 5.97 Å². The highest BCUT2D eigenvalue weighted by Crippen LogP contribution is 2.26. The van der Waals surface area contributed by atoms with Crippen LogP contribution in [0.3, 0.4) is 0 Å². The molecule has 584 valence electrons. The van der Waals surface area contributed by atoms with Crippen molar-refractivity contribution in [3.63, 3.8) is 0 Å². The molecule has 0 aromatic rings. The van der Waals surface area contributed by atoms with Crippen molar-refractivity contribution in [3.05, 3.63) is 0 Å². The van der Waals surface area contributed by atoms with E-state index in [1.54, 1.807) is 0 Å². The molecule has 0 aromatic heterocycles. The Labute approximate surface area is 581 Å². The number of unbranched alkanes of at least 4 members (excludes halogenated alkanes) is 2. The molecular weight excluding hydrogens is 1380 g/mol. The second-order valence-electron chi connectivity index (χ2n) is 24.2. The van der Waals surface area contributed by atoms with Crippen molar-refractivity contribution < 1.29 is 172 Å². The van der Waals surface area contributed by atoms with E-state index in [4.69, 9.17) is 42.7 Å². The number of hydrogen-bond donors (Lipinski definition) is 23. The molecule has 0 spiro atoms. The zero-order valence-electron chi connectivity index (χ0n) is 55.4. The number of ether oxygens (including phenoxy) is 8. The van der Waals surface area contributed by atoms with Crippen LogP contribution in [-0.4, -0.2) is 391 Å². The zero-order chi connectivity index (χ0) is 75.3. The summed E-state index contributed by atoms with van der Waals surface area (Å²) in [4.78, 5) is 138. The van der Waals surface area contributed by atoms with Crippen LogP contribution in [0.2, 0.25) is 0 Å². The molecule has 44 heteroatoms. The van der Waals surface area contributed by atoms with Crippen molar-refractivity contribution in [2.75, 3.05) is 105 Å². The standard InChI is InChI=1S/C58H97N9O35/c68-23-29-41(80)45(84)49(88)55(98-29)94-16-12-60-33(72)7-5-27(53(92)62-14-18-96-57-51(90)47(86)43(82)31(25-70)100-57)64-36(75)21-66(20-35(74)59-11-3-1-2-4-40(79)102-67-38(77)9-10-39(67)78)22-37(76)65-28(54(93)63-15-19-97-58-52(91)48(87)44(83)32(26-71)101-58)6-8-34(73)61-13-17-95-56-50(89)46(85)42(81)30(24-69)99-56/h27-32,41-52,55-58,68-71,80-91H,1-26H2,(H,59,74)(H,60,72)(H,61,73)(H,62,92)(H,63,93)(H,64,75)(H,65,76)/t27-,28-,29+,30+,31+,32+,41+,42+,43+,44+,45-,46-,47-,48-,49-,50+,51-,52+,55-,56+,57-,58+/m0/s1. The van der Waals surface area contributed by atoms with Gasteiger partial charge in [0.25, 0.3) is 11.8 Å². The SMILES string of the molecule is O=C(CC[C@H](NC(=O)CN(CC(=O)NCCCCCC(=O)ON1C(=O)CCC1=O)CC(=O)N[C@@H](CCC(=O)NCCO[C@@H]1O[C@H](CO)[C@@H](O)[C@H](O)[C@H]1O)C(=O)NCCO[C@@H]1O[C@H](CO)[C@@H](O)[C@H](O)[C@H]1O)C(=O)NCCO[C@H]1O[C@H](CO)[C@@H](O)[C@H](O)[C@@H]1O)NCCO[C@H]1O[C@H](CO)[C@@H](O)[C@H](O)[C@@H]1O. The number of aliphatic hydroxyl groups excluding tert-OH is 16. The van der Waals surface area contributed by atoms with Crippen LogP contribution in [0.1, 0.15) is 64.2 Å². The lowest BCUT2D eigenvalue weighted by molar-refractivity contribution is -0.300. The van der Waals surface area contributed by atoms with Gasteiger partial charge in [-0.1, -0.05) is 6.42 Å². The third kappa shape index (κ3) is 26.8. The molecule has 5 heterocycles. The summed E-state index contributed by atoms with van der Waals surface area (Å²) in [6.45, 7) is -8.81. The molecule has 5 aliphatic rings. The molecule has 22 atom stereocenters. The first-order chi connectivity index (χ1) is 48.5. The average molecular weight is 1480 g/mol. The van der Waals surface area contributed by atoms with E-state index in [-0.39, 0.29) is 65.0 Å². The van der Waals surface area contributed by atoms with Gasteiger partial charge in [0.2, 0.25) is 41.4 Å². The Morgan fingerprint density at radius 1 is 0.392 bits per heavy atom. The Hall–Kier alpha value is -6.10. The van der Waals surface area contributed by atoms with Crippen molar-refractivity contribution in [1.29, 1.82) is 0 Å². The van der Waals surface area contributed by atoms with Crippen LogP contribution in [0.5, 0.6) is 0 Å². The van der Waals surface area contributed by atoms with Crippen molar-refractivity contribution in [3.8, 4) is 0 Å². The Morgan fingerprint density at radius 3 is 1.04 bits per heavy atom. The molecule has 0 bridgehead atoms. The largest absolute Gasteiger partial charge is 0.394 e. The number of carbonyl (C=O) groups excluding carboxylic acids is 10. The first-order valence-corrected chi connectivity index (χ1v) is 33.0. The number of rotatable bonds is 43. The van der Waals surface area contributed by atoms with Gasteiger partial charge in [-0.2, -0.15) is 0 Å². The predicted octanol–water partition coefficient (Wildman–Crippen LogP) is -15.2. The molecule has 23 N–H and O–H groups in total. The second kappa shape index (κ2) is 44.0. The molecule has 0 aromatic carbocycles. The fourth-order valence-electron chi connectivity index (χ4n) is 10.7. The van der Waals surface area contributed by atoms with E-state index in [9.17, 15) is 130 Å². The fourth-order valence-corrected chi connectivity index (χ4v) is 10.7. The number of aliphatic hydroxyl groups is 16. The van der Waals surface area contributed by atoms with Crippen LogP contribution in [-0.2, 0) is 90.7 Å². The van der Waals surface area contributed by atoms with Crippen LogP contribution < -0.4 is 37.2 Å². The Morgan fingerprint density at radius 2 is 0.706 bits per heavy atom. The van der Waals surface area contributed by atoms with Gasteiger partial charge in [-0.15, -0.1) is 5.06 Å². The van der Waals surface area contributed by atoms with Crippen molar-refractivity contribution >= 4 is 59.1 Å². The van der Waals surface area contributed by atoms with Gasteiger partial charge in [0.15, 0.2) is 25.2 Å². The lowest BCUT2D eigenvalue weighted by Crippen LogP contribution is -2.59. The molecule has 0 aliphatic carbocycles. The number of amides is 9. The van der Waals surface area contributed by atoms with E-state index in [1.807, 2.05) is 0 Å². The molecule has 44 nitrogen and oxygen atoms in total. The van der Waals surface area contributed by atoms with Gasteiger partial charge in [0.05, 0.1) is 72.5 Å². The van der Waals surface area contributed by atoms with Crippen molar-refractivity contribution in [2.24, 2.45) is 0 Å². The van der Waals surface area contributed by atoms with E-state index in [0.29, 0.717) is 11.5 Å². The molecule has 102 heavy (non-hydrogen) atoms. The maximum absolute atomic E-state index is 14.2. The zero-order valence-corrected chi connectivity index (χ0v) is 55.4. The topological polar surface area (TPSA) is 668 Å².